The van der Waals surface area contributed by atoms with Crippen LogP contribution in [0.5, 0.6) is 0 Å². The van der Waals surface area contributed by atoms with E-state index >= 15 is 0 Å². The number of nitrogens with zero attached hydrogens (tertiary/aromatic N) is 3. The Kier molecular flexibility index (Phi) is 5.87. The maximum Gasteiger partial charge on any atom is 0.289 e. The van der Waals surface area contributed by atoms with E-state index in [0.29, 0.717) is 21.8 Å². The fourth-order valence-corrected chi connectivity index (χ4v) is 4.90. The number of rotatable bonds is 4. The number of aromatic nitrogens is 1. The molecule has 8 heteroatoms. The minimum atomic E-state index is -0.722. The number of carbonyl (C=O) groups excluding carboxylic acids is 2. The zero-order valence-corrected chi connectivity index (χ0v) is 18.9. The fraction of sp³-hybridized carbons (Fsp3) is 0.160. The number of anilines is 2. The van der Waals surface area contributed by atoms with Crippen LogP contribution in [0, 0.1) is 36.5 Å². The Morgan fingerprint density at radius 3 is 2.12 bits per heavy atom. The minimum Gasteiger partial charge on any atom is -0.286 e. The van der Waals surface area contributed by atoms with Gasteiger partial charge in [0.2, 0.25) is 11.8 Å². The molecule has 1 aliphatic rings. The Bertz CT molecular complexity index is 1350. The molecular weight excluding hydrogens is 434 g/mol. The summed E-state index contributed by atoms with van der Waals surface area (Å²) >= 11 is 1.08. The SMILES string of the molecule is Cc1ccc(-c2c(C#N)c(N)[nH+]c(S[C@@H]3CC(=O)N(c4ccc(C)cc4)C3=O)c2C#N)cc1. The van der Waals surface area contributed by atoms with Crippen LogP contribution in [-0.2, 0) is 9.59 Å². The third-order valence-corrected chi connectivity index (χ3v) is 6.66. The smallest absolute Gasteiger partial charge is 0.286 e. The van der Waals surface area contributed by atoms with E-state index in [1.807, 2.05) is 50.2 Å². The maximum atomic E-state index is 13.1. The molecular formula is C25H20N5O2S+. The lowest BCUT2D eigenvalue weighted by atomic mass is 9.96. The molecule has 2 heterocycles. The van der Waals surface area contributed by atoms with E-state index in [1.165, 1.54) is 4.90 Å². The molecule has 33 heavy (non-hydrogen) atoms. The number of benzene rings is 2. The van der Waals surface area contributed by atoms with Crippen molar-refractivity contribution in [3.05, 3.63) is 70.8 Å². The lowest BCUT2D eigenvalue weighted by Crippen LogP contribution is -2.31. The Morgan fingerprint density at radius 1 is 0.970 bits per heavy atom. The summed E-state index contributed by atoms with van der Waals surface area (Å²) in [6, 6.07) is 18.8. The van der Waals surface area contributed by atoms with Crippen LogP contribution in [0.4, 0.5) is 11.5 Å². The number of H-pyrrole nitrogens is 1. The van der Waals surface area contributed by atoms with Crippen molar-refractivity contribution in [2.24, 2.45) is 0 Å². The molecule has 0 unspecified atom stereocenters. The number of amides is 2. The highest BCUT2D eigenvalue weighted by Crippen LogP contribution is 2.38. The number of nitrogen functional groups attached to an aromatic ring is 1. The molecule has 0 aliphatic carbocycles. The van der Waals surface area contributed by atoms with Gasteiger partial charge in [0.1, 0.15) is 28.5 Å². The van der Waals surface area contributed by atoms with Crippen LogP contribution in [0.15, 0.2) is 53.6 Å². The first-order valence-corrected chi connectivity index (χ1v) is 11.1. The van der Waals surface area contributed by atoms with Crippen LogP contribution in [0.2, 0.25) is 0 Å². The highest BCUT2D eigenvalue weighted by molar-refractivity contribution is 8.00. The van der Waals surface area contributed by atoms with Gasteiger partial charge in [0.15, 0.2) is 5.03 Å². The standard InChI is InChI=1S/C25H19N5O2S/c1-14-3-7-16(8-4-14)22-18(12-26)23(28)29-24(19(22)13-27)33-20-11-21(31)30(25(20)32)17-9-5-15(2)6-10-17/h3-10,20H,11H2,1-2H3,(H2,28,29)/p+1/t20-/m1/s1. The molecule has 0 radical (unpaired) electrons. The summed E-state index contributed by atoms with van der Waals surface area (Å²) in [5.74, 6) is -0.562. The molecule has 3 N–H and O–H groups in total. The zero-order chi connectivity index (χ0) is 23.7. The number of nitrogens with one attached hydrogen (secondary N) is 1. The molecule has 2 amide bonds. The topological polar surface area (TPSA) is 125 Å². The van der Waals surface area contributed by atoms with Crippen LogP contribution in [0.25, 0.3) is 11.1 Å². The highest BCUT2D eigenvalue weighted by atomic mass is 32.2. The highest BCUT2D eigenvalue weighted by Gasteiger charge is 2.41. The maximum absolute atomic E-state index is 13.1. The van der Waals surface area contributed by atoms with Crippen molar-refractivity contribution < 1.29 is 14.6 Å². The van der Waals surface area contributed by atoms with Crippen molar-refractivity contribution in [3.63, 3.8) is 0 Å². The third-order valence-electron chi connectivity index (χ3n) is 5.47. The predicted octanol–water partition coefficient (Wildman–Crippen LogP) is 3.53. The fourth-order valence-electron chi connectivity index (χ4n) is 3.74. The molecule has 1 aromatic heterocycles. The first kappa shape index (κ1) is 22.1. The molecule has 0 spiro atoms. The number of hydrogen-bond donors (Lipinski definition) is 1. The van der Waals surface area contributed by atoms with Gasteiger partial charge in [-0.15, -0.1) is 0 Å². The van der Waals surface area contributed by atoms with Crippen LogP contribution in [-0.4, -0.2) is 17.1 Å². The Balaban J connectivity index is 1.74. The van der Waals surface area contributed by atoms with Crippen molar-refractivity contribution in [1.29, 1.82) is 10.5 Å². The van der Waals surface area contributed by atoms with Crippen LogP contribution in [0.3, 0.4) is 0 Å². The molecule has 7 nitrogen and oxygen atoms in total. The van der Waals surface area contributed by atoms with Gasteiger partial charge < -0.3 is 0 Å². The summed E-state index contributed by atoms with van der Waals surface area (Å²) in [6.07, 6.45) is -0.00411. The molecule has 1 fully saturated rings. The molecule has 1 atom stereocenters. The first-order valence-electron chi connectivity index (χ1n) is 10.2. The number of pyridine rings is 1. The van der Waals surface area contributed by atoms with E-state index in [2.05, 4.69) is 17.1 Å². The molecule has 2 aromatic carbocycles. The van der Waals surface area contributed by atoms with E-state index < -0.39 is 5.25 Å². The Labute approximate surface area is 195 Å². The van der Waals surface area contributed by atoms with Crippen molar-refractivity contribution >= 4 is 35.1 Å². The summed E-state index contributed by atoms with van der Waals surface area (Å²) in [5.41, 5.74) is 10.2. The van der Waals surface area contributed by atoms with Gasteiger partial charge in [0.25, 0.3) is 5.82 Å². The van der Waals surface area contributed by atoms with Crippen molar-refractivity contribution in [2.75, 3.05) is 10.6 Å². The molecule has 0 bridgehead atoms. The third kappa shape index (κ3) is 4.05. The van der Waals surface area contributed by atoms with Crippen LogP contribution >= 0.6 is 11.8 Å². The molecule has 1 aliphatic heterocycles. The first-order chi connectivity index (χ1) is 15.8. The summed E-state index contributed by atoms with van der Waals surface area (Å²) in [6.45, 7) is 3.87. The predicted molar refractivity (Wildman–Crippen MR) is 125 cm³/mol. The van der Waals surface area contributed by atoms with Gasteiger partial charge in [-0.1, -0.05) is 59.3 Å². The monoisotopic (exact) mass is 454 g/mol. The second-order valence-corrected chi connectivity index (χ2v) is 9.01. The van der Waals surface area contributed by atoms with Crippen molar-refractivity contribution in [1.82, 2.24) is 0 Å². The molecule has 1 saturated heterocycles. The molecule has 3 aromatic rings. The van der Waals surface area contributed by atoms with Gasteiger partial charge in [-0.05, 0) is 31.5 Å². The van der Waals surface area contributed by atoms with E-state index in [1.54, 1.807) is 12.1 Å². The average molecular weight is 455 g/mol. The normalized spacial score (nSPS) is 15.4. The summed E-state index contributed by atoms with van der Waals surface area (Å²) in [5, 5.41) is 19.3. The van der Waals surface area contributed by atoms with Gasteiger partial charge in [0.05, 0.1) is 5.69 Å². The van der Waals surface area contributed by atoms with Crippen molar-refractivity contribution in [3.8, 4) is 23.3 Å². The molecule has 0 saturated carbocycles. The summed E-state index contributed by atoms with van der Waals surface area (Å²) in [7, 11) is 0. The quantitative estimate of drug-likeness (QED) is 0.601. The van der Waals surface area contributed by atoms with E-state index in [-0.39, 0.29) is 35.2 Å². The summed E-state index contributed by atoms with van der Waals surface area (Å²) in [4.78, 5) is 29.9. The van der Waals surface area contributed by atoms with E-state index in [9.17, 15) is 20.1 Å². The van der Waals surface area contributed by atoms with E-state index in [4.69, 9.17) is 5.73 Å². The largest absolute Gasteiger partial charge is 0.289 e. The Hall–Kier alpha value is -4.14. The van der Waals surface area contributed by atoms with Gasteiger partial charge in [-0.3, -0.25) is 15.3 Å². The van der Waals surface area contributed by atoms with Gasteiger partial charge in [-0.2, -0.15) is 10.5 Å². The van der Waals surface area contributed by atoms with Crippen molar-refractivity contribution in [2.45, 2.75) is 30.5 Å². The second-order valence-electron chi connectivity index (χ2n) is 7.80. The number of nitriles is 2. The van der Waals surface area contributed by atoms with Gasteiger partial charge >= 0.3 is 0 Å². The number of imide groups is 1. The van der Waals surface area contributed by atoms with E-state index in [0.717, 1.165) is 22.9 Å². The number of carbonyl (C=O) groups is 2. The zero-order valence-electron chi connectivity index (χ0n) is 18.0. The number of aryl methyl sites for hydroxylation is 2. The Morgan fingerprint density at radius 2 is 1.55 bits per heavy atom. The number of hydrogen-bond acceptors (Lipinski definition) is 6. The lowest BCUT2D eigenvalue weighted by Gasteiger charge is -2.15. The number of nitrogens with two attached hydrogens (primary N) is 1. The van der Waals surface area contributed by atoms with Crippen LogP contribution in [0.1, 0.15) is 28.7 Å². The lowest BCUT2D eigenvalue weighted by molar-refractivity contribution is -0.410. The average Bonchev–Trinajstić information content (AvgIpc) is 3.07. The minimum absolute atomic E-state index is 0.00411. The molecule has 4 rings (SSSR count). The van der Waals surface area contributed by atoms with Gasteiger partial charge in [-0.25, -0.2) is 9.88 Å². The number of aromatic amines is 1. The van der Waals surface area contributed by atoms with Gasteiger partial charge in [0, 0.05) is 12.0 Å². The van der Waals surface area contributed by atoms with Crippen LogP contribution < -0.4 is 15.6 Å². The molecule has 162 valence electrons. The number of thioether (sulfide) groups is 1. The second kappa shape index (κ2) is 8.78. The summed E-state index contributed by atoms with van der Waals surface area (Å²) < 4.78 is 0.